The smallest absolute Gasteiger partial charge is 0.172 e. The molecule has 0 aliphatic heterocycles. The molecule has 0 spiro atoms. The summed E-state index contributed by atoms with van der Waals surface area (Å²) in [6.07, 6.45) is 5.17. The highest BCUT2D eigenvalue weighted by atomic mass is 32.1. The molecule has 0 saturated heterocycles. The Kier molecular flexibility index (Phi) is 3.44. The van der Waals surface area contributed by atoms with E-state index in [0.717, 1.165) is 24.1 Å². The summed E-state index contributed by atoms with van der Waals surface area (Å²) >= 11 is 1.76. The van der Waals surface area contributed by atoms with E-state index in [9.17, 15) is 4.79 Å². The fraction of sp³-hybridized carbons (Fsp3) is 0.667. The van der Waals surface area contributed by atoms with Crippen molar-refractivity contribution < 1.29 is 4.79 Å². The normalized spacial score (nSPS) is 17.9. The van der Waals surface area contributed by atoms with Gasteiger partial charge in [0.2, 0.25) is 0 Å². The molecule has 1 aromatic heterocycles. The topological polar surface area (TPSA) is 17.1 Å². The first-order chi connectivity index (χ1) is 7.98. The Hall–Kier alpha value is -0.630. The summed E-state index contributed by atoms with van der Waals surface area (Å²) in [6, 6.07) is 0. The van der Waals surface area contributed by atoms with Crippen molar-refractivity contribution in [3.63, 3.8) is 0 Å². The molecule has 0 unspecified atom stereocenters. The first-order valence-corrected chi connectivity index (χ1v) is 7.46. The van der Waals surface area contributed by atoms with Gasteiger partial charge in [0.25, 0.3) is 0 Å². The average Bonchev–Trinajstić information content (AvgIpc) is 2.64. The molecule has 0 N–H and O–H groups in total. The van der Waals surface area contributed by atoms with Gasteiger partial charge in [-0.15, -0.1) is 11.3 Å². The van der Waals surface area contributed by atoms with Gasteiger partial charge in [0.15, 0.2) is 5.78 Å². The summed E-state index contributed by atoms with van der Waals surface area (Å²) in [4.78, 5) is 14.5. The van der Waals surface area contributed by atoms with Crippen LogP contribution in [0.25, 0.3) is 0 Å². The minimum Gasteiger partial charge on any atom is -0.293 e. The Morgan fingerprint density at radius 1 is 1.29 bits per heavy atom. The van der Waals surface area contributed by atoms with Crippen LogP contribution in [0.5, 0.6) is 0 Å². The molecule has 0 aromatic carbocycles. The number of thiophene rings is 1. The Morgan fingerprint density at radius 2 is 2.00 bits per heavy atom. The molecule has 2 rings (SSSR count). The highest BCUT2D eigenvalue weighted by Gasteiger charge is 2.31. The fourth-order valence-corrected chi connectivity index (χ4v) is 4.04. The van der Waals surface area contributed by atoms with Crippen LogP contribution in [0.1, 0.15) is 66.2 Å². The van der Waals surface area contributed by atoms with Crippen molar-refractivity contribution in [1.29, 1.82) is 0 Å². The minimum absolute atomic E-state index is 0.339. The van der Waals surface area contributed by atoms with Crippen molar-refractivity contribution in [3.8, 4) is 0 Å². The maximum absolute atomic E-state index is 12.0. The van der Waals surface area contributed by atoms with Gasteiger partial charge in [0, 0.05) is 11.3 Å². The molecule has 2 heteroatoms. The van der Waals surface area contributed by atoms with Crippen LogP contribution in [0.3, 0.4) is 0 Å². The van der Waals surface area contributed by atoms with Gasteiger partial charge in [-0.1, -0.05) is 27.7 Å². The molecule has 1 aliphatic carbocycles. The predicted molar refractivity (Wildman–Crippen MR) is 74.1 cm³/mol. The Morgan fingerprint density at radius 3 is 2.59 bits per heavy atom. The standard InChI is InChI=1S/C15H22OS/c1-5-12(16)14-10-7-8-15(3,4)9-11(10)13(6-2)17-14/h5-9H2,1-4H3. The van der Waals surface area contributed by atoms with Crippen molar-refractivity contribution in [2.45, 2.75) is 59.8 Å². The molecular formula is C15H22OS. The van der Waals surface area contributed by atoms with Crippen LogP contribution in [0.2, 0.25) is 0 Å². The lowest BCUT2D eigenvalue weighted by Gasteiger charge is -2.30. The number of hydrogen-bond acceptors (Lipinski definition) is 2. The van der Waals surface area contributed by atoms with Crippen LogP contribution in [-0.4, -0.2) is 5.78 Å². The molecule has 17 heavy (non-hydrogen) atoms. The van der Waals surface area contributed by atoms with Crippen molar-refractivity contribution >= 4 is 17.1 Å². The van der Waals surface area contributed by atoms with E-state index in [1.54, 1.807) is 11.3 Å². The third-order valence-electron chi connectivity index (χ3n) is 3.80. The highest BCUT2D eigenvalue weighted by molar-refractivity contribution is 7.14. The molecule has 1 aromatic rings. The van der Waals surface area contributed by atoms with E-state index >= 15 is 0 Å². The molecule has 0 radical (unpaired) electrons. The van der Waals surface area contributed by atoms with Crippen molar-refractivity contribution in [1.82, 2.24) is 0 Å². The van der Waals surface area contributed by atoms with Gasteiger partial charge >= 0.3 is 0 Å². The van der Waals surface area contributed by atoms with Crippen LogP contribution < -0.4 is 0 Å². The number of rotatable bonds is 3. The van der Waals surface area contributed by atoms with Gasteiger partial charge in [-0.2, -0.15) is 0 Å². The molecule has 0 saturated carbocycles. The number of ketones is 1. The van der Waals surface area contributed by atoms with E-state index in [1.807, 2.05) is 6.92 Å². The number of hydrogen-bond donors (Lipinski definition) is 0. The van der Waals surface area contributed by atoms with Gasteiger partial charge in [0.05, 0.1) is 4.88 Å². The second kappa shape index (κ2) is 4.56. The monoisotopic (exact) mass is 250 g/mol. The Balaban J connectivity index is 2.47. The lowest BCUT2D eigenvalue weighted by molar-refractivity contribution is 0.0990. The summed E-state index contributed by atoms with van der Waals surface area (Å²) in [5, 5.41) is 0. The minimum atomic E-state index is 0.339. The van der Waals surface area contributed by atoms with Gasteiger partial charge in [-0.05, 0) is 42.2 Å². The highest BCUT2D eigenvalue weighted by Crippen LogP contribution is 2.42. The summed E-state index contributed by atoms with van der Waals surface area (Å²) < 4.78 is 0. The summed E-state index contributed by atoms with van der Waals surface area (Å²) in [5.74, 6) is 0.339. The first-order valence-electron chi connectivity index (χ1n) is 6.65. The average molecular weight is 250 g/mol. The third-order valence-corrected chi connectivity index (χ3v) is 5.26. The number of carbonyl (C=O) groups excluding carboxylic acids is 1. The van der Waals surface area contributed by atoms with E-state index in [2.05, 4.69) is 20.8 Å². The molecule has 1 nitrogen and oxygen atoms in total. The molecular weight excluding hydrogens is 228 g/mol. The third kappa shape index (κ3) is 2.33. The summed E-state index contributed by atoms with van der Waals surface area (Å²) in [7, 11) is 0. The summed E-state index contributed by atoms with van der Waals surface area (Å²) in [5.41, 5.74) is 3.30. The van der Waals surface area contributed by atoms with Gasteiger partial charge in [-0.3, -0.25) is 4.79 Å². The SMILES string of the molecule is CCC(=O)c1sc(CC)c2c1CCC(C)(C)C2. The molecule has 1 aliphatic rings. The van der Waals surface area contributed by atoms with Crippen LogP contribution in [0.4, 0.5) is 0 Å². The van der Waals surface area contributed by atoms with Gasteiger partial charge in [-0.25, -0.2) is 0 Å². The van der Waals surface area contributed by atoms with Crippen molar-refractivity contribution in [3.05, 3.63) is 20.9 Å². The second-order valence-electron chi connectivity index (χ2n) is 5.78. The maximum Gasteiger partial charge on any atom is 0.172 e. The van der Waals surface area contributed by atoms with E-state index in [-0.39, 0.29) is 0 Å². The zero-order chi connectivity index (χ0) is 12.6. The maximum atomic E-state index is 12.0. The lowest BCUT2D eigenvalue weighted by atomic mass is 9.74. The predicted octanol–water partition coefficient (Wildman–Crippen LogP) is 4.42. The molecule has 0 atom stereocenters. The summed E-state index contributed by atoms with van der Waals surface area (Å²) in [6.45, 7) is 8.85. The van der Waals surface area contributed by atoms with Crippen LogP contribution in [-0.2, 0) is 19.3 Å². The number of fused-ring (bicyclic) bond motifs is 1. The fourth-order valence-electron chi connectivity index (χ4n) is 2.72. The second-order valence-corrected chi connectivity index (χ2v) is 6.89. The first kappa shape index (κ1) is 12.8. The lowest BCUT2D eigenvalue weighted by Crippen LogP contribution is -2.22. The largest absolute Gasteiger partial charge is 0.293 e. The zero-order valence-electron chi connectivity index (χ0n) is 11.4. The number of carbonyl (C=O) groups is 1. The molecule has 94 valence electrons. The molecule has 0 bridgehead atoms. The molecule has 1 heterocycles. The number of Topliss-reactive ketones (excluding diaryl/α,β-unsaturated/α-hetero) is 1. The van der Waals surface area contributed by atoms with Crippen molar-refractivity contribution in [2.24, 2.45) is 5.41 Å². The molecule has 0 fully saturated rings. The van der Waals surface area contributed by atoms with Gasteiger partial charge in [0.1, 0.15) is 0 Å². The quantitative estimate of drug-likeness (QED) is 0.726. The van der Waals surface area contributed by atoms with Crippen LogP contribution in [0, 0.1) is 5.41 Å². The number of aryl methyl sites for hydroxylation is 1. The zero-order valence-corrected chi connectivity index (χ0v) is 12.2. The van der Waals surface area contributed by atoms with E-state index in [4.69, 9.17) is 0 Å². The van der Waals surface area contributed by atoms with Crippen LogP contribution >= 0.6 is 11.3 Å². The Labute approximate surface area is 108 Å². The van der Waals surface area contributed by atoms with Crippen LogP contribution in [0.15, 0.2) is 0 Å². The van der Waals surface area contributed by atoms with Crippen molar-refractivity contribution in [2.75, 3.05) is 0 Å². The van der Waals surface area contributed by atoms with E-state index < -0.39 is 0 Å². The van der Waals surface area contributed by atoms with E-state index in [0.29, 0.717) is 17.6 Å². The van der Waals surface area contributed by atoms with Gasteiger partial charge < -0.3 is 0 Å². The van der Waals surface area contributed by atoms with E-state index in [1.165, 1.54) is 22.4 Å². The Bertz CT molecular complexity index is 440. The molecule has 0 amide bonds.